The van der Waals surface area contributed by atoms with Crippen molar-refractivity contribution in [2.24, 2.45) is 0 Å². The number of fused-ring (bicyclic) bond motifs is 2. The number of hydrogen-bond acceptors (Lipinski definition) is 2. The monoisotopic (exact) mass is 518 g/mol. The zero-order chi connectivity index (χ0) is 20.8. The van der Waals surface area contributed by atoms with Gasteiger partial charge in [0.15, 0.2) is 0 Å². The van der Waals surface area contributed by atoms with Crippen LogP contribution in [0.2, 0.25) is 0 Å². The van der Waals surface area contributed by atoms with Gasteiger partial charge in [0.25, 0.3) is 0 Å². The molecule has 0 bridgehead atoms. The molecule has 0 saturated carbocycles. The van der Waals surface area contributed by atoms with Crippen molar-refractivity contribution in [2.75, 3.05) is 9.80 Å². The van der Waals surface area contributed by atoms with Crippen molar-refractivity contribution in [2.45, 2.75) is 13.8 Å². The summed E-state index contributed by atoms with van der Waals surface area (Å²) in [6, 6.07) is 30.2. The number of para-hydroxylation sites is 4. The Labute approximate surface area is 194 Å². The summed E-state index contributed by atoms with van der Waals surface area (Å²) in [4.78, 5) is 4.70. The first-order valence-electron chi connectivity index (χ1n) is 9.85. The molecule has 0 unspecified atom stereocenters. The largest absolute Gasteiger partial charge is 0.305 e. The van der Waals surface area contributed by atoms with Crippen LogP contribution in [-0.4, -0.2) is 0 Å². The molecule has 5 rings (SSSR count). The van der Waals surface area contributed by atoms with Crippen LogP contribution in [0.25, 0.3) is 0 Å². The Morgan fingerprint density at radius 1 is 0.467 bits per heavy atom. The topological polar surface area (TPSA) is 6.48 Å². The molecule has 0 saturated heterocycles. The van der Waals surface area contributed by atoms with Gasteiger partial charge >= 0.3 is 0 Å². The molecule has 1 heterocycles. The van der Waals surface area contributed by atoms with Gasteiger partial charge in [-0.3, -0.25) is 0 Å². The third-order valence-corrected chi connectivity index (χ3v) is 6.75. The lowest BCUT2D eigenvalue weighted by Gasteiger charge is -2.41. The van der Waals surface area contributed by atoms with Crippen molar-refractivity contribution in [3.8, 4) is 0 Å². The highest BCUT2D eigenvalue weighted by Gasteiger charge is 2.31. The molecule has 4 heteroatoms. The van der Waals surface area contributed by atoms with Gasteiger partial charge < -0.3 is 9.80 Å². The summed E-state index contributed by atoms with van der Waals surface area (Å²) >= 11 is 7.58. The number of hydrogen-bond donors (Lipinski definition) is 0. The molecule has 1 aliphatic rings. The first kappa shape index (κ1) is 19.4. The van der Waals surface area contributed by atoms with E-state index in [2.05, 4.69) is 140 Å². The van der Waals surface area contributed by atoms with Crippen LogP contribution in [-0.2, 0) is 0 Å². The molecule has 0 radical (unpaired) electrons. The van der Waals surface area contributed by atoms with E-state index in [1.165, 1.54) is 11.1 Å². The van der Waals surface area contributed by atoms with E-state index in [0.717, 1.165) is 43.1 Å². The van der Waals surface area contributed by atoms with E-state index in [-0.39, 0.29) is 0 Å². The van der Waals surface area contributed by atoms with Crippen LogP contribution in [0, 0.1) is 13.8 Å². The maximum Gasteiger partial charge on any atom is 0.0703 e. The molecular weight excluding hydrogens is 500 g/mol. The highest BCUT2D eigenvalue weighted by atomic mass is 79.9. The van der Waals surface area contributed by atoms with Crippen molar-refractivity contribution >= 4 is 66.0 Å². The molecule has 0 aliphatic carbocycles. The summed E-state index contributed by atoms with van der Waals surface area (Å²) in [5, 5.41) is 0. The Bertz CT molecular complexity index is 1120. The summed E-state index contributed by atoms with van der Waals surface area (Å²) in [5.41, 5.74) is 9.33. The van der Waals surface area contributed by atoms with Gasteiger partial charge in [-0.25, -0.2) is 0 Å². The molecule has 2 nitrogen and oxygen atoms in total. The summed E-state index contributed by atoms with van der Waals surface area (Å²) in [6.45, 7) is 4.27. The molecule has 0 amide bonds. The van der Waals surface area contributed by atoms with Gasteiger partial charge in [0, 0.05) is 8.95 Å². The fraction of sp³-hybridized carbons (Fsp3) is 0.0769. The second-order valence-electron chi connectivity index (χ2n) is 7.56. The van der Waals surface area contributed by atoms with Crippen LogP contribution in [0.4, 0.5) is 34.1 Å². The van der Waals surface area contributed by atoms with Crippen molar-refractivity contribution in [3.05, 3.63) is 105 Å². The van der Waals surface area contributed by atoms with Crippen LogP contribution in [0.1, 0.15) is 11.1 Å². The van der Waals surface area contributed by atoms with Crippen LogP contribution >= 0.6 is 31.9 Å². The van der Waals surface area contributed by atoms with Crippen molar-refractivity contribution in [1.82, 2.24) is 0 Å². The third-order valence-electron chi connectivity index (χ3n) is 5.41. The molecule has 0 fully saturated rings. The molecule has 1 aliphatic heterocycles. The van der Waals surface area contributed by atoms with Gasteiger partial charge in [0.1, 0.15) is 0 Å². The number of aryl methyl sites for hydroxylation is 2. The van der Waals surface area contributed by atoms with Gasteiger partial charge in [-0.2, -0.15) is 0 Å². The van der Waals surface area contributed by atoms with Crippen LogP contribution < -0.4 is 9.80 Å². The average molecular weight is 520 g/mol. The Balaban J connectivity index is 1.83. The lowest BCUT2D eigenvalue weighted by Crippen LogP contribution is -2.24. The second-order valence-corrected chi connectivity index (χ2v) is 9.27. The summed E-state index contributed by atoms with van der Waals surface area (Å²) in [6.07, 6.45) is 0. The highest BCUT2D eigenvalue weighted by Crippen LogP contribution is 2.55. The molecule has 148 valence electrons. The first-order chi connectivity index (χ1) is 14.5. The molecule has 4 aromatic carbocycles. The normalized spacial score (nSPS) is 12.5. The van der Waals surface area contributed by atoms with Gasteiger partial charge in [-0.1, -0.05) is 36.4 Å². The van der Waals surface area contributed by atoms with Crippen LogP contribution in [0.3, 0.4) is 0 Å². The van der Waals surface area contributed by atoms with E-state index < -0.39 is 0 Å². The number of rotatable bonds is 2. The van der Waals surface area contributed by atoms with E-state index in [1.807, 2.05) is 0 Å². The zero-order valence-corrected chi connectivity index (χ0v) is 19.9. The Kier molecular flexibility index (Phi) is 4.92. The smallest absolute Gasteiger partial charge is 0.0703 e. The quantitative estimate of drug-likeness (QED) is 0.229. The van der Waals surface area contributed by atoms with E-state index in [1.54, 1.807) is 0 Å². The maximum atomic E-state index is 3.79. The van der Waals surface area contributed by atoms with Crippen molar-refractivity contribution in [1.29, 1.82) is 0 Å². The number of benzene rings is 4. The number of nitrogens with zero attached hydrogens (tertiary/aromatic N) is 2. The fourth-order valence-electron chi connectivity index (χ4n) is 4.05. The van der Waals surface area contributed by atoms with Crippen molar-refractivity contribution in [3.63, 3.8) is 0 Å². The minimum absolute atomic E-state index is 1.07. The van der Waals surface area contributed by atoms with Crippen molar-refractivity contribution < 1.29 is 0 Å². The molecule has 0 N–H and O–H groups in total. The lowest BCUT2D eigenvalue weighted by molar-refractivity contribution is 1.16. The van der Waals surface area contributed by atoms with E-state index >= 15 is 0 Å². The average Bonchev–Trinajstić information content (AvgIpc) is 2.76. The Morgan fingerprint density at radius 3 is 1.13 bits per heavy atom. The number of anilines is 6. The number of halogens is 2. The summed E-state index contributed by atoms with van der Waals surface area (Å²) < 4.78 is 2.14. The lowest BCUT2D eigenvalue weighted by atomic mass is 10.0. The van der Waals surface area contributed by atoms with E-state index in [4.69, 9.17) is 0 Å². The van der Waals surface area contributed by atoms with Gasteiger partial charge in [0.2, 0.25) is 0 Å². The minimum atomic E-state index is 1.07. The summed E-state index contributed by atoms with van der Waals surface area (Å²) in [7, 11) is 0. The van der Waals surface area contributed by atoms with E-state index in [0.29, 0.717) is 0 Å². The second kappa shape index (κ2) is 7.60. The van der Waals surface area contributed by atoms with Crippen LogP contribution in [0.15, 0.2) is 93.9 Å². The fourth-order valence-corrected chi connectivity index (χ4v) is 4.90. The SMILES string of the molecule is Cc1ccc(Br)c(N2c3ccccc3N(c3cc(C)ccc3Br)c3ccccc32)c1. The summed E-state index contributed by atoms with van der Waals surface area (Å²) in [5.74, 6) is 0. The standard InChI is InChI=1S/C26H20Br2N2/c1-17-11-13-19(27)25(15-17)29-21-7-3-5-9-23(21)30(24-10-6-4-8-22(24)29)26-16-18(2)12-14-20(26)28/h3-16H,1-2H3. The van der Waals surface area contributed by atoms with Gasteiger partial charge in [0.05, 0.1) is 34.1 Å². The Hall–Kier alpha value is -2.56. The molecule has 4 aromatic rings. The highest BCUT2D eigenvalue weighted by molar-refractivity contribution is 9.11. The van der Waals surface area contributed by atoms with Crippen LogP contribution in [0.5, 0.6) is 0 Å². The predicted molar refractivity (Wildman–Crippen MR) is 134 cm³/mol. The minimum Gasteiger partial charge on any atom is -0.305 e. The first-order valence-corrected chi connectivity index (χ1v) is 11.4. The molecule has 0 spiro atoms. The zero-order valence-electron chi connectivity index (χ0n) is 16.7. The molecule has 0 atom stereocenters. The predicted octanol–water partition coefficient (Wildman–Crippen LogP) is 9.08. The third kappa shape index (κ3) is 3.15. The van der Waals surface area contributed by atoms with Gasteiger partial charge in [-0.05, 0) is 105 Å². The maximum absolute atomic E-state index is 3.79. The Morgan fingerprint density at radius 2 is 0.800 bits per heavy atom. The molecule has 0 aromatic heterocycles. The van der Waals surface area contributed by atoms with Gasteiger partial charge in [-0.15, -0.1) is 0 Å². The molecule has 30 heavy (non-hydrogen) atoms. The van der Waals surface area contributed by atoms with E-state index in [9.17, 15) is 0 Å². The molecular formula is C26H20Br2N2.